The number of benzene rings is 2. The third kappa shape index (κ3) is 3.95. The minimum Gasteiger partial charge on any atom is -0.350 e. The topological polar surface area (TPSA) is 76.9 Å². The number of rotatable bonds is 5. The van der Waals surface area contributed by atoms with Crippen LogP contribution in [-0.2, 0) is 13.5 Å². The molecule has 0 aliphatic heterocycles. The van der Waals surface area contributed by atoms with Crippen LogP contribution in [0.15, 0.2) is 58.7 Å². The molecule has 0 saturated heterocycles. The number of carbonyl (C=O) groups excluding carboxylic acids is 1. The van der Waals surface area contributed by atoms with Gasteiger partial charge in [-0.25, -0.2) is 9.67 Å². The monoisotopic (exact) mass is 404 g/mol. The lowest BCUT2D eigenvalue weighted by Gasteiger charge is -2.09. The van der Waals surface area contributed by atoms with Crippen LogP contribution in [0.25, 0.3) is 22.0 Å². The minimum absolute atomic E-state index is 0.215. The van der Waals surface area contributed by atoms with Crippen LogP contribution in [0.5, 0.6) is 0 Å². The van der Waals surface area contributed by atoms with E-state index in [0.29, 0.717) is 23.7 Å². The Morgan fingerprint density at radius 3 is 2.52 bits per heavy atom. The molecule has 0 bridgehead atoms. The normalized spacial score (nSPS) is 11.0. The van der Waals surface area contributed by atoms with Crippen molar-refractivity contribution in [1.29, 1.82) is 0 Å². The quantitative estimate of drug-likeness (QED) is 0.553. The van der Waals surface area contributed by atoms with Crippen LogP contribution in [0.4, 0.5) is 0 Å². The van der Waals surface area contributed by atoms with E-state index in [4.69, 9.17) is 0 Å². The molecule has 0 fully saturated rings. The first-order valence-electron chi connectivity index (χ1n) is 9.28. The lowest BCUT2D eigenvalue weighted by molar-refractivity contribution is 0.0949. The van der Waals surface area contributed by atoms with Gasteiger partial charge in [0.2, 0.25) is 0 Å². The summed E-state index contributed by atoms with van der Waals surface area (Å²) >= 11 is 1.64. The van der Waals surface area contributed by atoms with Gasteiger partial charge in [-0.2, -0.15) is 5.10 Å². The third-order valence-electron chi connectivity index (χ3n) is 4.74. The number of hydrogen-bond donors (Lipinski definition) is 1. The van der Waals surface area contributed by atoms with E-state index in [1.807, 2.05) is 19.1 Å². The first kappa shape index (κ1) is 19.0. The molecule has 0 aliphatic carbocycles. The van der Waals surface area contributed by atoms with Gasteiger partial charge >= 0.3 is 0 Å². The van der Waals surface area contributed by atoms with E-state index in [9.17, 15) is 9.59 Å². The fourth-order valence-corrected chi connectivity index (χ4v) is 3.83. The molecule has 1 N–H and O–H groups in total. The summed E-state index contributed by atoms with van der Waals surface area (Å²) in [5.41, 5.74) is 3.24. The molecule has 0 atom stereocenters. The summed E-state index contributed by atoms with van der Waals surface area (Å²) in [6.07, 6.45) is 0.700. The van der Waals surface area contributed by atoms with Crippen LogP contribution in [0.2, 0.25) is 0 Å². The van der Waals surface area contributed by atoms with Crippen molar-refractivity contribution in [3.8, 4) is 11.3 Å². The van der Waals surface area contributed by atoms with E-state index in [0.717, 1.165) is 21.8 Å². The molecule has 6 nitrogen and oxygen atoms in total. The van der Waals surface area contributed by atoms with Gasteiger partial charge in [0, 0.05) is 29.9 Å². The molecule has 2 aromatic carbocycles. The number of thiazole rings is 1. The van der Waals surface area contributed by atoms with Crippen molar-refractivity contribution in [2.75, 3.05) is 6.54 Å². The highest BCUT2D eigenvalue weighted by atomic mass is 32.1. The molecule has 29 heavy (non-hydrogen) atoms. The summed E-state index contributed by atoms with van der Waals surface area (Å²) in [6, 6.07) is 15.2. The van der Waals surface area contributed by atoms with E-state index >= 15 is 0 Å². The summed E-state index contributed by atoms with van der Waals surface area (Å²) in [6.45, 7) is 2.47. The number of carbonyl (C=O) groups is 1. The summed E-state index contributed by atoms with van der Waals surface area (Å²) < 4.78 is 1.20. The minimum atomic E-state index is -0.286. The summed E-state index contributed by atoms with van der Waals surface area (Å²) in [5.74, 6) is -0.286. The lowest BCUT2D eigenvalue weighted by Crippen LogP contribution is -2.30. The van der Waals surface area contributed by atoms with Crippen LogP contribution in [0, 0.1) is 6.92 Å². The van der Waals surface area contributed by atoms with E-state index < -0.39 is 0 Å². The van der Waals surface area contributed by atoms with Crippen LogP contribution in [0.3, 0.4) is 0 Å². The first-order chi connectivity index (χ1) is 14.0. The Bertz CT molecular complexity index is 1240. The Morgan fingerprint density at radius 1 is 1.10 bits per heavy atom. The van der Waals surface area contributed by atoms with Crippen molar-refractivity contribution in [3.63, 3.8) is 0 Å². The molecular formula is C22H20N4O2S. The number of nitrogens with one attached hydrogen (secondary N) is 1. The van der Waals surface area contributed by atoms with Crippen LogP contribution in [-0.4, -0.2) is 27.2 Å². The zero-order chi connectivity index (χ0) is 20.4. The molecule has 0 aliphatic rings. The number of aromatic nitrogens is 3. The zero-order valence-electron chi connectivity index (χ0n) is 16.2. The molecule has 7 heteroatoms. The zero-order valence-corrected chi connectivity index (χ0v) is 17.0. The maximum Gasteiger partial charge on any atom is 0.274 e. The average Bonchev–Trinajstić information content (AvgIpc) is 3.17. The van der Waals surface area contributed by atoms with Gasteiger partial charge in [0.1, 0.15) is 0 Å². The second-order valence-corrected chi connectivity index (χ2v) is 7.84. The Hall–Kier alpha value is -3.32. The van der Waals surface area contributed by atoms with E-state index in [1.165, 1.54) is 4.68 Å². The van der Waals surface area contributed by atoms with Gasteiger partial charge in [-0.05, 0) is 25.0 Å². The van der Waals surface area contributed by atoms with Gasteiger partial charge in [0.25, 0.3) is 11.5 Å². The first-order valence-corrected chi connectivity index (χ1v) is 10.2. The molecule has 4 aromatic rings. The summed E-state index contributed by atoms with van der Waals surface area (Å²) in [4.78, 5) is 29.4. The number of aryl methyl sites for hydroxylation is 2. The number of nitrogens with zero attached hydrogens (tertiary/aromatic N) is 3. The van der Waals surface area contributed by atoms with Gasteiger partial charge in [-0.3, -0.25) is 9.59 Å². The Balaban J connectivity index is 1.44. The molecule has 146 valence electrons. The van der Waals surface area contributed by atoms with Gasteiger partial charge in [0.05, 0.1) is 16.1 Å². The number of fused-ring (bicyclic) bond motifs is 1. The van der Waals surface area contributed by atoms with Gasteiger partial charge < -0.3 is 5.32 Å². The Morgan fingerprint density at radius 2 is 1.83 bits per heavy atom. The predicted octanol–water partition coefficient (Wildman–Crippen LogP) is 3.34. The number of amides is 1. The molecule has 0 radical (unpaired) electrons. The third-order valence-corrected chi connectivity index (χ3v) is 5.51. The highest BCUT2D eigenvalue weighted by Crippen LogP contribution is 2.22. The second kappa shape index (κ2) is 7.97. The fraction of sp³-hybridized carbons (Fsp3) is 0.182. The highest BCUT2D eigenvalue weighted by molar-refractivity contribution is 7.09. The molecule has 2 heterocycles. The predicted molar refractivity (Wildman–Crippen MR) is 115 cm³/mol. The summed E-state index contributed by atoms with van der Waals surface area (Å²) in [7, 11) is 1.55. The number of hydrogen-bond acceptors (Lipinski definition) is 5. The van der Waals surface area contributed by atoms with Crippen molar-refractivity contribution < 1.29 is 4.79 Å². The van der Waals surface area contributed by atoms with E-state index in [-0.39, 0.29) is 17.2 Å². The SMILES string of the molecule is Cc1nc(-c2ccc(CCNC(=O)c3nn(C)c(=O)c4ccccc34)cc2)cs1. The van der Waals surface area contributed by atoms with Crippen molar-refractivity contribution in [1.82, 2.24) is 20.1 Å². The van der Waals surface area contributed by atoms with Gasteiger partial charge in [0.15, 0.2) is 5.69 Å². The standard InChI is InChI=1S/C22H20N4O2S/c1-14-24-19(13-29-14)16-9-7-15(8-10-16)11-12-23-21(27)20-17-5-3-4-6-18(17)22(28)26(2)25-20/h3-10,13H,11-12H2,1-2H3,(H,23,27). The Labute approximate surface area is 171 Å². The highest BCUT2D eigenvalue weighted by Gasteiger charge is 2.15. The van der Waals surface area contributed by atoms with Gasteiger partial charge in [-0.15, -0.1) is 11.3 Å². The van der Waals surface area contributed by atoms with Crippen LogP contribution < -0.4 is 10.9 Å². The van der Waals surface area contributed by atoms with Crippen molar-refractivity contribution >= 4 is 28.0 Å². The van der Waals surface area contributed by atoms with Crippen molar-refractivity contribution in [2.45, 2.75) is 13.3 Å². The van der Waals surface area contributed by atoms with E-state index in [1.54, 1.807) is 42.6 Å². The maximum atomic E-state index is 12.7. The molecule has 4 rings (SSSR count). The molecule has 0 saturated carbocycles. The molecule has 1 amide bonds. The molecule has 2 aromatic heterocycles. The Kier molecular flexibility index (Phi) is 5.22. The largest absolute Gasteiger partial charge is 0.350 e. The molecular weight excluding hydrogens is 384 g/mol. The smallest absolute Gasteiger partial charge is 0.274 e. The van der Waals surface area contributed by atoms with E-state index in [2.05, 4.69) is 32.9 Å². The van der Waals surface area contributed by atoms with Crippen LogP contribution in [0.1, 0.15) is 21.1 Å². The van der Waals surface area contributed by atoms with Crippen molar-refractivity contribution in [2.24, 2.45) is 7.05 Å². The fourth-order valence-electron chi connectivity index (χ4n) is 3.21. The summed E-state index contributed by atoms with van der Waals surface area (Å²) in [5, 5.41) is 11.2. The van der Waals surface area contributed by atoms with Crippen LogP contribution >= 0.6 is 11.3 Å². The maximum absolute atomic E-state index is 12.7. The molecule has 0 unspecified atom stereocenters. The average molecular weight is 404 g/mol. The molecule has 0 spiro atoms. The van der Waals surface area contributed by atoms with Crippen molar-refractivity contribution in [3.05, 3.63) is 80.5 Å². The van der Waals surface area contributed by atoms with Gasteiger partial charge in [-0.1, -0.05) is 42.5 Å². The lowest BCUT2D eigenvalue weighted by atomic mass is 10.1. The second-order valence-electron chi connectivity index (χ2n) is 6.78.